The van der Waals surface area contributed by atoms with Crippen molar-refractivity contribution < 1.29 is 0 Å². The highest BCUT2D eigenvalue weighted by atomic mass is 79.9. The molecule has 2 aromatic carbocycles. The Morgan fingerprint density at radius 1 is 0.913 bits per heavy atom. The third-order valence-electron chi connectivity index (χ3n) is 3.95. The summed E-state index contributed by atoms with van der Waals surface area (Å²) in [4.78, 5) is 9.64. The van der Waals surface area contributed by atoms with Gasteiger partial charge in [0.1, 0.15) is 0 Å². The minimum Gasteiger partial charge on any atom is -0.228 e. The van der Waals surface area contributed by atoms with Crippen molar-refractivity contribution in [1.82, 2.24) is 9.97 Å². The number of aromatic nitrogens is 2. The van der Waals surface area contributed by atoms with Crippen molar-refractivity contribution in [3.63, 3.8) is 0 Å². The first-order chi connectivity index (χ1) is 11.3. The lowest BCUT2D eigenvalue weighted by atomic mass is 10.0. The van der Waals surface area contributed by atoms with Gasteiger partial charge in [0.2, 0.25) is 0 Å². The molecular formula is C20H15BrN2. The first kappa shape index (κ1) is 14.3. The van der Waals surface area contributed by atoms with Crippen LogP contribution in [0.5, 0.6) is 0 Å². The lowest BCUT2D eigenvalue weighted by molar-refractivity contribution is 1.04. The summed E-state index contributed by atoms with van der Waals surface area (Å²) in [5.41, 5.74) is 4.20. The van der Waals surface area contributed by atoms with Gasteiger partial charge in [0.15, 0.2) is 5.82 Å². The first-order valence-corrected chi connectivity index (χ1v) is 8.50. The Morgan fingerprint density at radius 2 is 1.83 bits per heavy atom. The van der Waals surface area contributed by atoms with E-state index in [1.165, 1.54) is 5.57 Å². The molecule has 0 unspecified atom stereocenters. The molecule has 0 aliphatic heterocycles. The van der Waals surface area contributed by atoms with Gasteiger partial charge in [-0.1, -0.05) is 64.5 Å². The molecule has 0 radical (unpaired) electrons. The zero-order chi connectivity index (χ0) is 15.6. The normalized spacial score (nSPS) is 14.0. The maximum atomic E-state index is 4.88. The van der Waals surface area contributed by atoms with Crippen LogP contribution < -0.4 is 0 Å². The van der Waals surface area contributed by atoms with E-state index < -0.39 is 0 Å². The molecule has 0 saturated carbocycles. The van der Waals surface area contributed by atoms with Gasteiger partial charge in [-0.05, 0) is 36.6 Å². The monoisotopic (exact) mass is 362 g/mol. The van der Waals surface area contributed by atoms with Crippen LogP contribution >= 0.6 is 15.9 Å². The number of allylic oxidation sites excluding steroid dienone is 4. The Kier molecular flexibility index (Phi) is 3.80. The average Bonchev–Trinajstić information content (AvgIpc) is 2.61. The van der Waals surface area contributed by atoms with E-state index in [1.807, 2.05) is 30.3 Å². The van der Waals surface area contributed by atoms with E-state index in [0.29, 0.717) is 0 Å². The first-order valence-electron chi connectivity index (χ1n) is 7.71. The summed E-state index contributed by atoms with van der Waals surface area (Å²) in [6.07, 6.45) is 8.81. The van der Waals surface area contributed by atoms with E-state index in [1.54, 1.807) is 0 Å². The zero-order valence-corrected chi connectivity index (χ0v) is 14.1. The van der Waals surface area contributed by atoms with Crippen molar-refractivity contribution in [2.24, 2.45) is 0 Å². The van der Waals surface area contributed by atoms with Crippen molar-refractivity contribution in [3.05, 3.63) is 76.9 Å². The molecule has 1 aliphatic carbocycles. The quantitative estimate of drug-likeness (QED) is 0.576. The highest BCUT2D eigenvalue weighted by molar-refractivity contribution is 9.10. The molecule has 112 valence electrons. The van der Waals surface area contributed by atoms with Gasteiger partial charge in [0, 0.05) is 15.4 Å². The van der Waals surface area contributed by atoms with Gasteiger partial charge in [0.25, 0.3) is 0 Å². The smallest absolute Gasteiger partial charge is 0.160 e. The Morgan fingerprint density at radius 3 is 2.65 bits per heavy atom. The lowest BCUT2D eigenvalue weighted by Gasteiger charge is -2.12. The van der Waals surface area contributed by atoms with Gasteiger partial charge in [0.05, 0.1) is 11.2 Å². The molecule has 0 N–H and O–H groups in total. The molecule has 0 saturated heterocycles. The van der Waals surface area contributed by atoms with Crippen LogP contribution in [0.25, 0.3) is 27.9 Å². The number of fused-ring (bicyclic) bond motifs is 1. The number of nitrogens with zero attached hydrogens (tertiary/aromatic N) is 2. The second kappa shape index (κ2) is 6.09. The predicted molar refractivity (Wildman–Crippen MR) is 99.0 cm³/mol. The fourth-order valence-electron chi connectivity index (χ4n) is 2.84. The van der Waals surface area contributed by atoms with Gasteiger partial charge in [-0.15, -0.1) is 0 Å². The topological polar surface area (TPSA) is 25.8 Å². The molecule has 3 heteroatoms. The fourth-order valence-corrected chi connectivity index (χ4v) is 3.24. The maximum absolute atomic E-state index is 4.88. The minimum atomic E-state index is 0.764. The van der Waals surface area contributed by atoms with Crippen molar-refractivity contribution in [3.8, 4) is 11.4 Å². The summed E-state index contributed by atoms with van der Waals surface area (Å²) in [7, 11) is 0. The molecule has 0 fully saturated rings. The van der Waals surface area contributed by atoms with E-state index in [-0.39, 0.29) is 0 Å². The summed E-state index contributed by atoms with van der Waals surface area (Å²) in [6, 6.07) is 16.3. The third kappa shape index (κ3) is 2.84. The van der Waals surface area contributed by atoms with E-state index in [0.717, 1.165) is 45.3 Å². The molecule has 0 bridgehead atoms. The van der Waals surface area contributed by atoms with Gasteiger partial charge in [-0.3, -0.25) is 0 Å². The zero-order valence-electron chi connectivity index (χ0n) is 12.5. The number of rotatable bonds is 2. The molecule has 3 aromatic rings. The molecule has 0 atom stereocenters. The SMILES string of the molecule is Brc1cccc(-c2nc(C3=CCCC=C3)c3ccccc3n2)c1. The van der Waals surface area contributed by atoms with Crippen molar-refractivity contribution in [2.45, 2.75) is 12.8 Å². The molecule has 1 aliphatic rings. The van der Waals surface area contributed by atoms with Crippen LogP contribution in [0.15, 0.2) is 71.2 Å². The van der Waals surface area contributed by atoms with Crippen molar-refractivity contribution >= 4 is 32.4 Å². The second-order valence-electron chi connectivity index (χ2n) is 5.56. The van der Waals surface area contributed by atoms with E-state index in [2.05, 4.69) is 52.4 Å². The molecule has 0 spiro atoms. The third-order valence-corrected chi connectivity index (χ3v) is 4.45. The van der Waals surface area contributed by atoms with Crippen LogP contribution in [-0.2, 0) is 0 Å². The van der Waals surface area contributed by atoms with E-state index >= 15 is 0 Å². The Balaban J connectivity index is 1.97. The largest absolute Gasteiger partial charge is 0.228 e. The fraction of sp³-hybridized carbons (Fsp3) is 0.100. The molecule has 0 amide bonds. The summed E-state index contributed by atoms with van der Waals surface area (Å²) in [5, 5.41) is 1.10. The predicted octanol–water partition coefficient (Wildman–Crippen LogP) is 5.79. The van der Waals surface area contributed by atoms with Crippen molar-refractivity contribution in [2.75, 3.05) is 0 Å². The molecule has 1 heterocycles. The van der Waals surface area contributed by atoms with Crippen LogP contribution in [0.2, 0.25) is 0 Å². The number of hydrogen-bond acceptors (Lipinski definition) is 2. The molecule has 4 rings (SSSR count). The Bertz CT molecular complexity index is 941. The van der Waals surface area contributed by atoms with Gasteiger partial charge in [-0.2, -0.15) is 0 Å². The molecule has 23 heavy (non-hydrogen) atoms. The van der Waals surface area contributed by atoms with E-state index in [9.17, 15) is 0 Å². The Hall–Kier alpha value is -2.26. The highest BCUT2D eigenvalue weighted by Gasteiger charge is 2.12. The minimum absolute atomic E-state index is 0.764. The standard InChI is InChI=1S/C20H15BrN2/c21-16-10-6-9-15(13-16)20-22-18-12-5-4-11-17(18)19(23-20)14-7-2-1-3-8-14/h2,4-13H,1,3H2. The molecule has 1 aromatic heterocycles. The van der Waals surface area contributed by atoms with Crippen molar-refractivity contribution in [1.29, 1.82) is 0 Å². The number of halogens is 1. The summed E-state index contributed by atoms with van der Waals surface area (Å²) >= 11 is 3.53. The maximum Gasteiger partial charge on any atom is 0.160 e. The Labute approximate surface area is 143 Å². The summed E-state index contributed by atoms with van der Waals surface area (Å²) in [6.45, 7) is 0. The summed E-state index contributed by atoms with van der Waals surface area (Å²) < 4.78 is 1.03. The van der Waals surface area contributed by atoms with Crippen LogP contribution in [0.4, 0.5) is 0 Å². The van der Waals surface area contributed by atoms with Gasteiger partial charge < -0.3 is 0 Å². The van der Waals surface area contributed by atoms with Crippen LogP contribution in [0, 0.1) is 0 Å². The van der Waals surface area contributed by atoms with Crippen LogP contribution in [0.3, 0.4) is 0 Å². The van der Waals surface area contributed by atoms with Gasteiger partial charge >= 0.3 is 0 Å². The molecular weight excluding hydrogens is 348 g/mol. The van der Waals surface area contributed by atoms with Gasteiger partial charge in [-0.25, -0.2) is 9.97 Å². The van der Waals surface area contributed by atoms with Crippen LogP contribution in [0.1, 0.15) is 18.5 Å². The second-order valence-corrected chi connectivity index (χ2v) is 6.48. The number of para-hydroxylation sites is 1. The lowest BCUT2D eigenvalue weighted by Crippen LogP contribution is -1.98. The van der Waals surface area contributed by atoms with Crippen LogP contribution in [-0.4, -0.2) is 9.97 Å². The number of hydrogen-bond donors (Lipinski definition) is 0. The average molecular weight is 363 g/mol. The summed E-state index contributed by atoms with van der Waals surface area (Å²) in [5.74, 6) is 0.764. The molecule has 2 nitrogen and oxygen atoms in total. The highest BCUT2D eigenvalue weighted by Crippen LogP contribution is 2.29. The number of benzene rings is 2. The van der Waals surface area contributed by atoms with E-state index in [4.69, 9.17) is 9.97 Å².